The van der Waals surface area contributed by atoms with Gasteiger partial charge in [0.05, 0.1) is 6.07 Å². The first-order chi connectivity index (χ1) is 9.47. The SMILES string of the molecule is CC(C)NC(C)(C#N)CCCCSc1ccccc1Br. The van der Waals surface area contributed by atoms with E-state index in [4.69, 9.17) is 0 Å². The first kappa shape index (κ1) is 17.6. The Morgan fingerprint density at radius 2 is 2.05 bits per heavy atom. The maximum atomic E-state index is 9.28. The lowest BCUT2D eigenvalue weighted by molar-refractivity contribution is 0.372. The Labute approximate surface area is 135 Å². The molecular weight excluding hydrogens is 332 g/mol. The lowest BCUT2D eigenvalue weighted by Crippen LogP contribution is -2.44. The summed E-state index contributed by atoms with van der Waals surface area (Å²) in [7, 11) is 0. The van der Waals surface area contributed by atoms with Gasteiger partial charge in [-0.2, -0.15) is 5.26 Å². The Balaban J connectivity index is 2.28. The van der Waals surface area contributed by atoms with Crippen LogP contribution in [0.1, 0.15) is 40.0 Å². The van der Waals surface area contributed by atoms with Crippen molar-refractivity contribution in [3.05, 3.63) is 28.7 Å². The van der Waals surface area contributed by atoms with E-state index in [1.165, 1.54) is 4.90 Å². The van der Waals surface area contributed by atoms with Crippen molar-refractivity contribution in [2.75, 3.05) is 5.75 Å². The van der Waals surface area contributed by atoms with Gasteiger partial charge in [0, 0.05) is 15.4 Å². The van der Waals surface area contributed by atoms with Crippen molar-refractivity contribution in [2.24, 2.45) is 0 Å². The Kier molecular flexibility index (Phi) is 7.65. The fraction of sp³-hybridized carbons (Fsp3) is 0.562. The van der Waals surface area contributed by atoms with Gasteiger partial charge in [-0.3, -0.25) is 5.32 Å². The van der Waals surface area contributed by atoms with Gasteiger partial charge in [-0.25, -0.2) is 0 Å². The molecule has 1 rings (SSSR count). The van der Waals surface area contributed by atoms with Crippen LogP contribution in [0.25, 0.3) is 0 Å². The molecule has 0 saturated heterocycles. The second-order valence-electron chi connectivity index (χ2n) is 5.48. The van der Waals surface area contributed by atoms with E-state index < -0.39 is 5.54 Å². The Morgan fingerprint density at radius 3 is 2.65 bits per heavy atom. The van der Waals surface area contributed by atoms with E-state index in [1.54, 1.807) is 0 Å². The third-order valence-electron chi connectivity index (χ3n) is 3.02. The topological polar surface area (TPSA) is 35.8 Å². The normalized spacial score (nSPS) is 14.0. The second-order valence-corrected chi connectivity index (χ2v) is 7.47. The van der Waals surface area contributed by atoms with Crippen LogP contribution >= 0.6 is 27.7 Å². The number of benzene rings is 1. The van der Waals surface area contributed by atoms with Crippen LogP contribution in [-0.2, 0) is 0 Å². The molecule has 0 aromatic heterocycles. The summed E-state index contributed by atoms with van der Waals surface area (Å²) < 4.78 is 1.16. The first-order valence-corrected chi connectivity index (χ1v) is 8.81. The molecule has 0 spiro atoms. The third kappa shape index (κ3) is 6.30. The monoisotopic (exact) mass is 354 g/mol. The molecule has 0 amide bonds. The minimum absolute atomic E-state index is 0.342. The van der Waals surface area contributed by atoms with E-state index in [2.05, 4.69) is 59.4 Å². The number of thioether (sulfide) groups is 1. The molecule has 4 heteroatoms. The maximum Gasteiger partial charge on any atom is 0.104 e. The van der Waals surface area contributed by atoms with Crippen LogP contribution in [0.4, 0.5) is 0 Å². The summed E-state index contributed by atoms with van der Waals surface area (Å²) in [6, 6.07) is 11.0. The summed E-state index contributed by atoms with van der Waals surface area (Å²) in [4.78, 5) is 1.29. The van der Waals surface area contributed by atoms with Crippen LogP contribution in [0.15, 0.2) is 33.6 Å². The van der Waals surface area contributed by atoms with Gasteiger partial charge in [-0.05, 0) is 73.8 Å². The lowest BCUT2D eigenvalue weighted by atomic mass is 9.96. The Hall–Kier alpha value is -0.500. The minimum Gasteiger partial charge on any atom is -0.297 e. The van der Waals surface area contributed by atoms with E-state index in [0.29, 0.717) is 6.04 Å². The summed E-state index contributed by atoms with van der Waals surface area (Å²) in [5, 5.41) is 12.6. The number of nitriles is 1. The van der Waals surface area contributed by atoms with Crippen molar-refractivity contribution in [3.63, 3.8) is 0 Å². The molecule has 1 N–H and O–H groups in total. The number of unbranched alkanes of at least 4 members (excludes halogenated alkanes) is 1. The molecule has 0 fully saturated rings. The first-order valence-electron chi connectivity index (χ1n) is 7.03. The standard InChI is InChI=1S/C16H23BrN2S/c1-13(2)19-16(3,12-18)10-6-7-11-20-15-9-5-4-8-14(15)17/h4-5,8-9,13,19H,6-7,10-11H2,1-3H3. The molecule has 20 heavy (non-hydrogen) atoms. The highest BCUT2D eigenvalue weighted by Gasteiger charge is 2.23. The summed E-state index contributed by atoms with van der Waals surface area (Å²) in [6.07, 6.45) is 3.10. The summed E-state index contributed by atoms with van der Waals surface area (Å²) in [5.74, 6) is 1.09. The molecule has 2 nitrogen and oxygen atoms in total. The number of rotatable bonds is 8. The molecule has 0 aliphatic carbocycles. The molecule has 0 heterocycles. The largest absolute Gasteiger partial charge is 0.297 e. The number of hydrogen-bond acceptors (Lipinski definition) is 3. The average Bonchev–Trinajstić information content (AvgIpc) is 2.39. The highest BCUT2D eigenvalue weighted by molar-refractivity contribution is 9.10. The smallest absolute Gasteiger partial charge is 0.104 e. The van der Waals surface area contributed by atoms with Gasteiger partial charge in [-0.15, -0.1) is 11.8 Å². The quantitative estimate of drug-likeness (QED) is 0.527. The molecule has 1 aromatic carbocycles. The van der Waals surface area contributed by atoms with Crippen LogP contribution in [0.5, 0.6) is 0 Å². The minimum atomic E-state index is -0.397. The fourth-order valence-electron chi connectivity index (χ4n) is 2.12. The number of nitrogens with one attached hydrogen (secondary N) is 1. The van der Waals surface area contributed by atoms with E-state index in [0.717, 1.165) is 29.5 Å². The van der Waals surface area contributed by atoms with Gasteiger partial charge < -0.3 is 0 Å². The summed E-state index contributed by atoms with van der Waals surface area (Å²) >= 11 is 5.43. The van der Waals surface area contributed by atoms with Crippen molar-refractivity contribution in [3.8, 4) is 6.07 Å². The molecule has 0 saturated carbocycles. The van der Waals surface area contributed by atoms with Gasteiger partial charge in [0.1, 0.15) is 5.54 Å². The highest BCUT2D eigenvalue weighted by atomic mass is 79.9. The molecule has 1 unspecified atom stereocenters. The van der Waals surface area contributed by atoms with E-state index in [9.17, 15) is 5.26 Å². The molecular formula is C16H23BrN2S. The molecule has 0 radical (unpaired) electrons. The molecule has 1 atom stereocenters. The molecule has 110 valence electrons. The van der Waals surface area contributed by atoms with Crippen molar-refractivity contribution in [1.82, 2.24) is 5.32 Å². The lowest BCUT2D eigenvalue weighted by Gasteiger charge is -2.25. The number of halogens is 1. The molecule has 1 aromatic rings. The molecule has 0 aliphatic heterocycles. The van der Waals surface area contributed by atoms with Crippen LogP contribution in [0.3, 0.4) is 0 Å². The van der Waals surface area contributed by atoms with Gasteiger partial charge in [0.25, 0.3) is 0 Å². The van der Waals surface area contributed by atoms with Crippen molar-refractivity contribution in [2.45, 2.75) is 56.5 Å². The van der Waals surface area contributed by atoms with E-state index in [1.807, 2.05) is 24.8 Å². The van der Waals surface area contributed by atoms with Crippen LogP contribution < -0.4 is 5.32 Å². The number of hydrogen-bond donors (Lipinski definition) is 1. The van der Waals surface area contributed by atoms with Gasteiger partial charge >= 0.3 is 0 Å². The zero-order valence-electron chi connectivity index (χ0n) is 12.4. The predicted molar refractivity (Wildman–Crippen MR) is 91.0 cm³/mol. The van der Waals surface area contributed by atoms with Gasteiger partial charge in [-0.1, -0.05) is 12.1 Å². The van der Waals surface area contributed by atoms with Crippen LogP contribution in [0.2, 0.25) is 0 Å². The van der Waals surface area contributed by atoms with Crippen LogP contribution in [-0.4, -0.2) is 17.3 Å². The van der Waals surface area contributed by atoms with Gasteiger partial charge in [0.2, 0.25) is 0 Å². The van der Waals surface area contributed by atoms with E-state index >= 15 is 0 Å². The Morgan fingerprint density at radius 1 is 1.35 bits per heavy atom. The van der Waals surface area contributed by atoms with Crippen LogP contribution in [0, 0.1) is 11.3 Å². The Bertz CT molecular complexity index is 456. The predicted octanol–water partition coefficient (Wildman–Crippen LogP) is 4.99. The average molecular weight is 355 g/mol. The van der Waals surface area contributed by atoms with Crippen molar-refractivity contribution < 1.29 is 0 Å². The van der Waals surface area contributed by atoms with Crippen molar-refractivity contribution in [1.29, 1.82) is 5.26 Å². The summed E-state index contributed by atoms with van der Waals surface area (Å²) in [5.41, 5.74) is -0.397. The molecule has 0 bridgehead atoms. The zero-order valence-corrected chi connectivity index (χ0v) is 14.9. The maximum absolute atomic E-state index is 9.28. The zero-order chi connectivity index (χ0) is 15.0. The highest BCUT2D eigenvalue weighted by Crippen LogP contribution is 2.28. The molecule has 0 aliphatic rings. The van der Waals surface area contributed by atoms with E-state index in [-0.39, 0.29) is 0 Å². The summed E-state index contributed by atoms with van der Waals surface area (Å²) in [6.45, 7) is 6.16. The van der Waals surface area contributed by atoms with Gasteiger partial charge in [0.15, 0.2) is 0 Å². The number of nitrogens with zero attached hydrogens (tertiary/aromatic N) is 1. The van der Waals surface area contributed by atoms with Crippen molar-refractivity contribution >= 4 is 27.7 Å². The fourth-order valence-corrected chi connectivity index (χ4v) is 3.70. The third-order valence-corrected chi connectivity index (χ3v) is 5.13. The second kappa shape index (κ2) is 8.71.